The summed E-state index contributed by atoms with van der Waals surface area (Å²) >= 11 is 5.52. The predicted molar refractivity (Wildman–Crippen MR) is 390 cm³/mol. The number of anilines is 6. The highest BCUT2D eigenvalue weighted by Crippen LogP contribution is 2.36. The summed E-state index contributed by atoms with van der Waals surface area (Å²) in [5.74, 6) is 2.19. The summed E-state index contributed by atoms with van der Waals surface area (Å²) in [5, 5.41) is 16.2. The number of para-hydroxylation sites is 5. The fourth-order valence-corrected chi connectivity index (χ4v) is 13.0. The van der Waals surface area contributed by atoms with Crippen molar-refractivity contribution in [1.82, 2.24) is 19.9 Å². The summed E-state index contributed by atoms with van der Waals surface area (Å²) < 4.78 is 75.6. The SMILES string of the molecule is Cc1cc2c(=O)oc(Oc3ccccc3Oc3ccccc3)nc2s1.O=C(c1ccccc1)c1ccccc1Nc1nc2sccc2c(=O)o1.O=c1oc(Nc2ccc(Oc3ccc(C(F)(F)F)cc3)cc2)nc2sccc12.O=c1oc(Nc2ccccc2Cc2ccccc2)nc2sccc12. The lowest BCUT2D eigenvalue weighted by molar-refractivity contribution is -0.137. The number of benzene rings is 8. The molecule has 0 radical (unpaired) electrons. The summed E-state index contributed by atoms with van der Waals surface area (Å²) in [6.45, 7) is 1.91. The van der Waals surface area contributed by atoms with E-state index >= 15 is 0 Å². The van der Waals surface area contributed by atoms with E-state index < -0.39 is 28.6 Å². The average Bonchev–Trinajstić information content (AvgIpc) is 1.56. The third-order valence-corrected chi connectivity index (χ3v) is 18.1. The molecular formula is C76H50F3N7O12S4. The lowest BCUT2D eigenvalue weighted by Crippen LogP contribution is -2.08. The second-order valence-corrected chi connectivity index (χ2v) is 25.6. The quantitative estimate of drug-likeness (QED) is 0.0760. The topological polar surface area (TPSA) is 253 Å². The van der Waals surface area contributed by atoms with Gasteiger partial charge in [-0.1, -0.05) is 121 Å². The van der Waals surface area contributed by atoms with Crippen LogP contribution in [0.1, 0.15) is 37.5 Å². The molecule has 102 heavy (non-hydrogen) atoms. The molecule has 26 heteroatoms. The molecule has 19 nitrogen and oxygen atoms in total. The fraction of sp³-hybridized carbons (Fsp3) is 0.0395. The van der Waals surface area contributed by atoms with Crippen LogP contribution in [0.4, 0.5) is 48.3 Å². The van der Waals surface area contributed by atoms with Crippen LogP contribution in [-0.4, -0.2) is 25.7 Å². The molecule has 0 unspecified atom stereocenters. The van der Waals surface area contributed by atoms with Gasteiger partial charge in [0, 0.05) is 27.4 Å². The Morgan fingerprint density at radius 2 is 0.902 bits per heavy atom. The number of hydrogen-bond donors (Lipinski definition) is 3. The van der Waals surface area contributed by atoms with Gasteiger partial charge in [-0.3, -0.25) is 4.79 Å². The van der Waals surface area contributed by atoms with E-state index in [0.29, 0.717) is 86.4 Å². The molecule has 0 amide bonds. The van der Waals surface area contributed by atoms with Crippen molar-refractivity contribution < 1.29 is 49.8 Å². The zero-order valence-electron chi connectivity index (χ0n) is 52.9. The highest BCUT2D eigenvalue weighted by molar-refractivity contribution is 7.18. The summed E-state index contributed by atoms with van der Waals surface area (Å²) in [6.07, 6.45) is -3.71. The molecule has 0 bridgehead atoms. The van der Waals surface area contributed by atoms with Crippen molar-refractivity contribution in [2.45, 2.75) is 19.5 Å². The molecule has 8 heterocycles. The lowest BCUT2D eigenvalue weighted by atomic mass is 10.0. The van der Waals surface area contributed by atoms with Gasteiger partial charge in [-0.25, -0.2) is 19.2 Å². The van der Waals surface area contributed by atoms with Crippen molar-refractivity contribution >= 4 is 127 Å². The Labute approximate surface area is 590 Å². The Morgan fingerprint density at radius 1 is 0.441 bits per heavy atom. The standard InChI is InChI=1S/C19H11F3N2O3S.C19H12N2O3S.C19H14N2O2S.C19H13NO4S/c20-19(21,22)11-1-5-13(6-2-11)26-14-7-3-12(4-8-14)23-18-24-16-15(9-10-28-16)17(25)27-18;22-16(12-6-2-1-3-7-12)13-8-4-5-9-15(13)20-19-21-17-14(10-11-25-17)18(23)24-19;22-18-15-10-11-24-17(15)21-19(23-18)20-16-9-5-4-8-14(16)12-13-6-2-1-3-7-13;1-12-11-14-17(25-12)20-19(24-18(14)21)23-16-10-6-5-9-15(16)22-13-7-3-2-4-8-13/h1-10H,(H,23,24);1-11H,(H,20,21);1-11H,12H2,(H,20,21);2-11H,1H3. The molecule has 0 aliphatic rings. The molecular weight excluding hydrogens is 1390 g/mol. The monoisotopic (exact) mass is 1440 g/mol. The molecule has 0 aliphatic heterocycles. The van der Waals surface area contributed by atoms with Gasteiger partial charge in [-0.15, -0.1) is 45.3 Å². The van der Waals surface area contributed by atoms with Crippen LogP contribution in [-0.2, 0) is 12.6 Å². The first-order valence-corrected chi connectivity index (χ1v) is 34.2. The van der Waals surface area contributed by atoms with E-state index in [2.05, 4.69) is 54.1 Å². The van der Waals surface area contributed by atoms with E-state index in [4.69, 9.17) is 31.9 Å². The van der Waals surface area contributed by atoms with Gasteiger partial charge in [0.15, 0.2) is 17.3 Å². The molecule has 8 aromatic carbocycles. The van der Waals surface area contributed by atoms with E-state index in [0.717, 1.165) is 34.7 Å². The molecule has 0 spiro atoms. The van der Waals surface area contributed by atoms with E-state index in [9.17, 15) is 37.1 Å². The zero-order chi connectivity index (χ0) is 70.5. The van der Waals surface area contributed by atoms with Crippen molar-refractivity contribution in [3.8, 4) is 34.8 Å². The summed E-state index contributed by atoms with van der Waals surface area (Å²) in [4.78, 5) is 81.2. The Morgan fingerprint density at radius 3 is 1.48 bits per heavy atom. The molecule has 3 N–H and O–H groups in total. The zero-order valence-corrected chi connectivity index (χ0v) is 56.2. The number of halogens is 3. The van der Waals surface area contributed by atoms with Gasteiger partial charge in [0.25, 0.3) is 0 Å². The maximum atomic E-state index is 12.7. The number of ketones is 1. The Hall–Kier alpha value is -12.6. The Kier molecular flexibility index (Phi) is 20.7. The number of fused-ring (bicyclic) bond motifs is 4. The average molecular weight is 1440 g/mol. The van der Waals surface area contributed by atoms with Crippen LogP contribution in [0.25, 0.3) is 40.9 Å². The first kappa shape index (κ1) is 67.9. The highest BCUT2D eigenvalue weighted by atomic mass is 32.1. The van der Waals surface area contributed by atoms with Crippen LogP contribution < -0.4 is 52.7 Å². The third-order valence-electron chi connectivity index (χ3n) is 14.7. The van der Waals surface area contributed by atoms with Crippen LogP contribution in [0.5, 0.6) is 34.8 Å². The molecule has 0 saturated heterocycles. The van der Waals surface area contributed by atoms with Gasteiger partial charge in [0.05, 0.1) is 32.8 Å². The third kappa shape index (κ3) is 16.9. The molecule has 16 rings (SSSR count). The van der Waals surface area contributed by atoms with Gasteiger partial charge in [0.1, 0.15) is 36.6 Å². The number of alkyl halides is 3. The van der Waals surface area contributed by atoms with Crippen molar-refractivity contribution in [3.05, 3.63) is 327 Å². The van der Waals surface area contributed by atoms with Crippen molar-refractivity contribution in [2.24, 2.45) is 0 Å². The number of nitrogens with zero attached hydrogens (tertiary/aromatic N) is 4. The van der Waals surface area contributed by atoms with E-state index in [1.807, 2.05) is 103 Å². The summed E-state index contributed by atoms with van der Waals surface area (Å²) in [6, 6.07) is 68.9. The maximum Gasteiger partial charge on any atom is 0.416 e. The molecule has 8 aromatic heterocycles. The van der Waals surface area contributed by atoms with Crippen molar-refractivity contribution in [2.75, 3.05) is 16.0 Å². The molecule has 0 saturated carbocycles. The number of rotatable bonds is 16. The Bertz CT molecular complexity index is 5850. The second kappa shape index (κ2) is 31.1. The smallest absolute Gasteiger partial charge is 0.416 e. The molecule has 0 fully saturated rings. The first-order chi connectivity index (χ1) is 49.6. The maximum absolute atomic E-state index is 12.7. The number of carbonyl (C=O) groups is 1. The van der Waals surface area contributed by atoms with E-state index in [-0.39, 0.29) is 41.3 Å². The van der Waals surface area contributed by atoms with Crippen LogP contribution in [0, 0.1) is 6.92 Å². The fourth-order valence-electron chi connectivity index (χ4n) is 9.86. The first-order valence-electron chi connectivity index (χ1n) is 30.7. The summed E-state index contributed by atoms with van der Waals surface area (Å²) in [5.41, 5.74) is 2.89. The normalized spacial score (nSPS) is 11.0. The largest absolute Gasteiger partial charge is 0.457 e. The van der Waals surface area contributed by atoms with Crippen molar-refractivity contribution in [3.63, 3.8) is 0 Å². The van der Waals surface area contributed by atoms with E-state index in [1.165, 1.54) is 63.0 Å². The molecule has 0 atom stereocenters. The van der Waals surface area contributed by atoms with Crippen LogP contribution in [0.15, 0.2) is 290 Å². The number of ether oxygens (including phenoxy) is 3. The summed E-state index contributed by atoms with van der Waals surface area (Å²) in [7, 11) is 0. The van der Waals surface area contributed by atoms with Gasteiger partial charge >= 0.3 is 52.8 Å². The van der Waals surface area contributed by atoms with Gasteiger partial charge in [-0.2, -0.15) is 33.1 Å². The highest BCUT2D eigenvalue weighted by Gasteiger charge is 2.30. The molecule has 506 valence electrons. The van der Waals surface area contributed by atoms with Crippen molar-refractivity contribution in [1.29, 1.82) is 0 Å². The molecule has 0 aliphatic carbocycles. The number of hydrogen-bond acceptors (Lipinski definition) is 23. The van der Waals surface area contributed by atoms with Gasteiger partial charge in [0.2, 0.25) is 0 Å². The van der Waals surface area contributed by atoms with Gasteiger partial charge in [-0.05, 0) is 156 Å². The van der Waals surface area contributed by atoms with Crippen LogP contribution in [0.3, 0.4) is 0 Å². The predicted octanol–water partition coefficient (Wildman–Crippen LogP) is 19.8. The van der Waals surface area contributed by atoms with Crippen LogP contribution in [0.2, 0.25) is 0 Å². The van der Waals surface area contributed by atoms with E-state index in [1.54, 1.807) is 114 Å². The van der Waals surface area contributed by atoms with Crippen LogP contribution >= 0.6 is 45.3 Å². The second-order valence-electron chi connectivity index (χ2n) is 21.7. The minimum atomic E-state index is -4.39. The number of carbonyl (C=O) groups excluding carboxylic acids is 1. The number of aryl methyl sites for hydroxylation is 1. The number of aromatic nitrogens is 4. The minimum Gasteiger partial charge on any atom is -0.457 e. The number of nitrogens with one attached hydrogen (secondary N) is 3. The lowest BCUT2D eigenvalue weighted by Gasteiger charge is -2.10. The van der Waals surface area contributed by atoms with Gasteiger partial charge < -0.3 is 47.8 Å². The number of thiophene rings is 4. The molecule has 16 aromatic rings. The Balaban J connectivity index is 0.000000122. The minimum absolute atomic E-state index is 0.0632.